The van der Waals surface area contributed by atoms with Crippen molar-refractivity contribution in [1.82, 2.24) is 0 Å². The predicted molar refractivity (Wildman–Crippen MR) is 50.8 cm³/mol. The second-order valence-corrected chi connectivity index (χ2v) is 5.61. The summed E-state index contributed by atoms with van der Waals surface area (Å²) in [5, 5.41) is 0. The maximum Gasteiger partial charge on any atom is -0.0352 e. The summed E-state index contributed by atoms with van der Waals surface area (Å²) >= 11 is 0. The van der Waals surface area contributed by atoms with E-state index in [-0.39, 0.29) is 0 Å². The highest BCUT2D eigenvalue weighted by atomic mass is 14.6. The van der Waals surface area contributed by atoms with Crippen molar-refractivity contribution < 1.29 is 0 Å². The van der Waals surface area contributed by atoms with Gasteiger partial charge in [-0.05, 0) is 61.2 Å². The van der Waals surface area contributed by atoms with E-state index in [0.717, 1.165) is 23.7 Å². The van der Waals surface area contributed by atoms with Gasteiger partial charge in [-0.2, -0.15) is 0 Å². The molecule has 12 heavy (non-hydrogen) atoms. The van der Waals surface area contributed by atoms with E-state index in [0.29, 0.717) is 0 Å². The van der Waals surface area contributed by atoms with E-state index >= 15 is 0 Å². The van der Waals surface area contributed by atoms with Crippen LogP contribution in [0.15, 0.2) is 0 Å². The molecule has 68 valence electrons. The average Bonchev–Trinajstić information content (AvgIpc) is 2.05. The van der Waals surface area contributed by atoms with Crippen LogP contribution in [0.5, 0.6) is 0 Å². The predicted octanol–water partition coefficient (Wildman–Crippen LogP) is 3.32. The van der Waals surface area contributed by atoms with E-state index in [4.69, 9.17) is 0 Å². The van der Waals surface area contributed by atoms with Crippen molar-refractivity contribution in [2.75, 3.05) is 0 Å². The van der Waals surface area contributed by atoms with Crippen LogP contribution < -0.4 is 0 Å². The van der Waals surface area contributed by atoms with Crippen molar-refractivity contribution >= 4 is 0 Å². The molecule has 3 fully saturated rings. The molecule has 3 aliphatic rings. The zero-order chi connectivity index (χ0) is 8.29. The summed E-state index contributed by atoms with van der Waals surface area (Å²) in [5.41, 5.74) is 0. The summed E-state index contributed by atoms with van der Waals surface area (Å²) in [6.07, 6.45) is 6.33. The maximum absolute atomic E-state index is 2.48. The summed E-state index contributed by atoms with van der Waals surface area (Å²) < 4.78 is 0. The molecule has 3 saturated carbocycles. The van der Waals surface area contributed by atoms with Crippen molar-refractivity contribution in [3.63, 3.8) is 0 Å². The van der Waals surface area contributed by atoms with E-state index in [9.17, 15) is 0 Å². The molecule has 0 amide bonds. The van der Waals surface area contributed by atoms with E-state index in [2.05, 4.69) is 13.8 Å². The lowest BCUT2D eigenvalue weighted by Crippen LogP contribution is -2.51. The zero-order valence-corrected chi connectivity index (χ0v) is 8.29. The lowest BCUT2D eigenvalue weighted by atomic mass is 9.46. The molecule has 0 nitrogen and oxygen atoms in total. The maximum atomic E-state index is 2.48. The summed E-state index contributed by atoms with van der Waals surface area (Å²) in [7, 11) is 0. The second-order valence-electron chi connectivity index (χ2n) is 5.61. The van der Waals surface area contributed by atoms with E-state index < -0.39 is 0 Å². The molecule has 0 aromatic rings. The Morgan fingerprint density at radius 2 is 1.17 bits per heavy atom. The van der Waals surface area contributed by atoms with Crippen molar-refractivity contribution in [1.29, 1.82) is 0 Å². The fraction of sp³-hybridized carbons (Fsp3) is 1.00. The highest BCUT2D eigenvalue weighted by Crippen LogP contribution is 2.60. The number of hydrogen-bond donors (Lipinski definition) is 0. The number of hydrogen-bond acceptors (Lipinski definition) is 0. The highest BCUT2D eigenvalue weighted by Gasteiger charge is 2.52. The average molecular weight is 164 g/mol. The normalized spacial score (nSPS) is 62.5. The van der Waals surface area contributed by atoms with Gasteiger partial charge in [-0.3, -0.25) is 0 Å². The first-order valence-corrected chi connectivity index (χ1v) is 5.77. The van der Waals surface area contributed by atoms with Gasteiger partial charge in [0.05, 0.1) is 0 Å². The van der Waals surface area contributed by atoms with Gasteiger partial charge in [0, 0.05) is 0 Å². The monoisotopic (exact) mass is 164 g/mol. The lowest BCUT2D eigenvalue weighted by molar-refractivity contribution is -0.0993. The van der Waals surface area contributed by atoms with Gasteiger partial charge in [0.15, 0.2) is 0 Å². The van der Waals surface area contributed by atoms with Crippen LogP contribution in [0.2, 0.25) is 0 Å². The standard InChI is InChI=1S/C12H20/c1-7-8(2)12-6-10-4-3-9(10)5-11(7)12/h7-12H,3-6H2,1-2H3. The zero-order valence-electron chi connectivity index (χ0n) is 8.29. The fourth-order valence-corrected chi connectivity index (χ4v) is 4.15. The second kappa shape index (κ2) is 2.27. The molecule has 0 N–H and O–H groups in total. The minimum absolute atomic E-state index is 1.05. The Hall–Kier alpha value is 0. The Bertz CT molecular complexity index is 174. The molecular formula is C12H20. The van der Waals surface area contributed by atoms with Crippen LogP contribution >= 0.6 is 0 Å². The van der Waals surface area contributed by atoms with Crippen LogP contribution in [0.3, 0.4) is 0 Å². The molecule has 0 aliphatic heterocycles. The van der Waals surface area contributed by atoms with Gasteiger partial charge < -0.3 is 0 Å². The minimum Gasteiger partial charge on any atom is -0.0620 e. The molecule has 3 rings (SSSR count). The SMILES string of the molecule is CC1C(C)C2CC3CCC3CC12. The van der Waals surface area contributed by atoms with Crippen molar-refractivity contribution in [3.05, 3.63) is 0 Å². The van der Waals surface area contributed by atoms with Crippen LogP contribution in [0.1, 0.15) is 39.5 Å². The Kier molecular flexibility index (Phi) is 1.40. The smallest absolute Gasteiger partial charge is 0.0352 e. The van der Waals surface area contributed by atoms with Gasteiger partial charge in [0.2, 0.25) is 0 Å². The summed E-state index contributed by atoms with van der Waals surface area (Å²) in [6.45, 7) is 4.95. The van der Waals surface area contributed by atoms with Crippen molar-refractivity contribution in [2.45, 2.75) is 39.5 Å². The fourth-order valence-electron chi connectivity index (χ4n) is 4.15. The van der Waals surface area contributed by atoms with Crippen LogP contribution in [0.4, 0.5) is 0 Å². The first kappa shape index (κ1) is 7.41. The molecule has 0 heterocycles. The molecular weight excluding hydrogens is 144 g/mol. The van der Waals surface area contributed by atoms with Gasteiger partial charge in [-0.25, -0.2) is 0 Å². The van der Waals surface area contributed by atoms with Crippen LogP contribution in [0, 0.1) is 35.5 Å². The van der Waals surface area contributed by atoms with Gasteiger partial charge >= 0.3 is 0 Å². The first-order valence-electron chi connectivity index (χ1n) is 5.77. The topological polar surface area (TPSA) is 0 Å². The molecule has 0 bridgehead atoms. The number of rotatable bonds is 0. The highest BCUT2D eigenvalue weighted by molar-refractivity contribution is 5.01. The molecule has 0 saturated heterocycles. The summed E-state index contributed by atoms with van der Waals surface area (Å²) in [4.78, 5) is 0. The van der Waals surface area contributed by atoms with Crippen molar-refractivity contribution in [3.8, 4) is 0 Å². The molecule has 0 aromatic heterocycles. The van der Waals surface area contributed by atoms with Crippen molar-refractivity contribution in [2.24, 2.45) is 35.5 Å². The number of fused-ring (bicyclic) bond motifs is 2. The van der Waals surface area contributed by atoms with Crippen LogP contribution in [-0.4, -0.2) is 0 Å². The van der Waals surface area contributed by atoms with Gasteiger partial charge in [-0.15, -0.1) is 0 Å². The Labute approximate surface area is 75.7 Å². The molecule has 0 heteroatoms. The quantitative estimate of drug-likeness (QED) is 0.515. The molecule has 6 unspecified atom stereocenters. The molecule has 0 radical (unpaired) electrons. The third kappa shape index (κ3) is 0.744. The van der Waals surface area contributed by atoms with E-state index in [1.807, 2.05) is 0 Å². The molecule has 0 spiro atoms. The minimum atomic E-state index is 1.05. The van der Waals surface area contributed by atoms with Crippen LogP contribution in [-0.2, 0) is 0 Å². The Balaban J connectivity index is 1.74. The van der Waals surface area contributed by atoms with Gasteiger partial charge in [0.1, 0.15) is 0 Å². The third-order valence-corrected chi connectivity index (χ3v) is 5.45. The largest absolute Gasteiger partial charge is 0.0620 e. The lowest BCUT2D eigenvalue weighted by Gasteiger charge is -2.59. The Morgan fingerprint density at radius 1 is 0.750 bits per heavy atom. The van der Waals surface area contributed by atoms with Gasteiger partial charge in [-0.1, -0.05) is 13.8 Å². The van der Waals surface area contributed by atoms with Crippen LogP contribution in [0.25, 0.3) is 0 Å². The van der Waals surface area contributed by atoms with E-state index in [1.165, 1.54) is 11.8 Å². The third-order valence-electron chi connectivity index (χ3n) is 5.45. The van der Waals surface area contributed by atoms with E-state index in [1.54, 1.807) is 25.7 Å². The van der Waals surface area contributed by atoms with Gasteiger partial charge in [0.25, 0.3) is 0 Å². The summed E-state index contributed by atoms with van der Waals surface area (Å²) in [5.74, 6) is 6.72. The summed E-state index contributed by atoms with van der Waals surface area (Å²) in [6, 6.07) is 0. The first-order chi connectivity index (χ1) is 5.77. The molecule has 3 aliphatic carbocycles. The molecule has 0 aromatic carbocycles. The molecule has 6 atom stereocenters. The Morgan fingerprint density at radius 3 is 1.50 bits per heavy atom.